The van der Waals surface area contributed by atoms with E-state index in [0.29, 0.717) is 5.56 Å². The van der Waals surface area contributed by atoms with Crippen molar-refractivity contribution in [3.05, 3.63) is 65.5 Å². The van der Waals surface area contributed by atoms with Gasteiger partial charge < -0.3 is 4.98 Å². The van der Waals surface area contributed by atoms with Gasteiger partial charge >= 0.3 is 0 Å². The average molecular weight is 233 g/mol. The fourth-order valence-electron chi connectivity index (χ4n) is 1.98. The van der Waals surface area contributed by atoms with E-state index in [9.17, 15) is 0 Å². The molecule has 3 rings (SSSR count). The number of hydrogen-bond donors (Lipinski definition) is 1. The molecule has 0 atom stereocenters. The van der Waals surface area contributed by atoms with Gasteiger partial charge in [0.25, 0.3) is 0 Å². The van der Waals surface area contributed by atoms with Crippen LogP contribution in [0.4, 0.5) is 0 Å². The van der Waals surface area contributed by atoms with Gasteiger partial charge in [-0.15, -0.1) is 0 Å². The van der Waals surface area contributed by atoms with Gasteiger partial charge in [-0.2, -0.15) is 5.26 Å². The number of nitrogens with one attached hydrogen (secondary N) is 1. The van der Waals surface area contributed by atoms with Crippen molar-refractivity contribution in [1.82, 2.24) is 9.97 Å². The van der Waals surface area contributed by atoms with Gasteiger partial charge in [0.2, 0.25) is 0 Å². The number of para-hydroxylation sites is 2. The van der Waals surface area contributed by atoms with Gasteiger partial charge in [-0.25, -0.2) is 4.98 Å². The summed E-state index contributed by atoms with van der Waals surface area (Å²) in [7, 11) is 0. The Morgan fingerprint density at radius 3 is 2.56 bits per heavy atom. The number of fused-ring (bicyclic) bond motifs is 1. The lowest BCUT2D eigenvalue weighted by Crippen LogP contribution is -1.90. The summed E-state index contributed by atoms with van der Waals surface area (Å²) in [6.07, 6.45) is 0.750. The molecule has 3 nitrogen and oxygen atoms in total. The highest BCUT2D eigenvalue weighted by Crippen LogP contribution is 2.13. The summed E-state index contributed by atoms with van der Waals surface area (Å²) < 4.78 is 0. The van der Waals surface area contributed by atoms with Crippen molar-refractivity contribution in [1.29, 1.82) is 5.26 Å². The Morgan fingerprint density at radius 1 is 1.06 bits per heavy atom. The third-order valence-electron chi connectivity index (χ3n) is 2.89. The van der Waals surface area contributed by atoms with Gasteiger partial charge in [0.05, 0.1) is 22.7 Å². The Labute approximate surface area is 105 Å². The first-order valence-corrected chi connectivity index (χ1v) is 5.78. The molecular weight excluding hydrogens is 222 g/mol. The minimum absolute atomic E-state index is 0.684. The number of imidazole rings is 1. The molecule has 0 radical (unpaired) electrons. The molecule has 0 bridgehead atoms. The number of benzene rings is 2. The lowest BCUT2D eigenvalue weighted by Gasteiger charge is -1.97. The Bertz CT molecular complexity index is 684. The number of nitriles is 1. The highest BCUT2D eigenvalue weighted by Gasteiger charge is 2.03. The van der Waals surface area contributed by atoms with Crippen molar-refractivity contribution >= 4 is 11.0 Å². The SMILES string of the molecule is N#Cc1ccc(Cc2nc3ccccc3[nH]2)cc1. The molecule has 0 amide bonds. The van der Waals surface area contributed by atoms with Crippen LogP contribution in [0.1, 0.15) is 17.0 Å². The summed E-state index contributed by atoms with van der Waals surface area (Å²) in [5, 5.41) is 8.74. The molecule has 1 heterocycles. The molecule has 0 unspecified atom stereocenters. The highest BCUT2D eigenvalue weighted by atomic mass is 14.9. The first-order valence-electron chi connectivity index (χ1n) is 5.78. The largest absolute Gasteiger partial charge is 0.342 e. The van der Waals surface area contributed by atoms with Crippen LogP contribution in [0, 0.1) is 11.3 Å². The monoisotopic (exact) mass is 233 g/mol. The van der Waals surface area contributed by atoms with Crippen molar-refractivity contribution in [2.45, 2.75) is 6.42 Å². The van der Waals surface area contributed by atoms with Gasteiger partial charge in [0.1, 0.15) is 5.82 Å². The Hall–Kier alpha value is -2.60. The molecule has 3 heteroatoms. The standard InChI is InChI=1S/C15H11N3/c16-10-12-7-5-11(6-8-12)9-15-17-13-3-1-2-4-14(13)18-15/h1-8H,9H2,(H,17,18). The fraction of sp³-hybridized carbons (Fsp3) is 0.0667. The van der Waals surface area contributed by atoms with E-state index in [1.54, 1.807) is 0 Å². The lowest BCUT2D eigenvalue weighted by atomic mass is 10.1. The van der Waals surface area contributed by atoms with E-state index in [1.165, 1.54) is 0 Å². The summed E-state index contributed by atoms with van der Waals surface area (Å²) in [4.78, 5) is 7.83. The van der Waals surface area contributed by atoms with Crippen LogP contribution in [0.25, 0.3) is 11.0 Å². The van der Waals surface area contributed by atoms with Crippen molar-refractivity contribution in [3.8, 4) is 6.07 Å². The minimum Gasteiger partial charge on any atom is -0.342 e. The summed E-state index contributed by atoms with van der Waals surface area (Å²) in [6, 6.07) is 17.7. The van der Waals surface area contributed by atoms with E-state index in [0.717, 1.165) is 28.8 Å². The molecule has 1 N–H and O–H groups in total. The maximum absolute atomic E-state index is 8.74. The number of rotatable bonds is 2. The summed E-state index contributed by atoms with van der Waals surface area (Å²) in [6.45, 7) is 0. The van der Waals surface area contributed by atoms with E-state index in [-0.39, 0.29) is 0 Å². The van der Waals surface area contributed by atoms with Gasteiger partial charge in [-0.1, -0.05) is 24.3 Å². The summed E-state index contributed by atoms with van der Waals surface area (Å²) in [5.74, 6) is 0.945. The Morgan fingerprint density at radius 2 is 1.83 bits per heavy atom. The number of hydrogen-bond acceptors (Lipinski definition) is 2. The van der Waals surface area contributed by atoms with Crippen LogP contribution in [0.15, 0.2) is 48.5 Å². The van der Waals surface area contributed by atoms with Crippen LogP contribution in [0.5, 0.6) is 0 Å². The predicted octanol–water partition coefficient (Wildman–Crippen LogP) is 3.03. The maximum Gasteiger partial charge on any atom is 0.111 e. The number of H-pyrrole nitrogens is 1. The zero-order valence-corrected chi connectivity index (χ0v) is 9.72. The van der Waals surface area contributed by atoms with Crippen LogP contribution in [-0.2, 0) is 6.42 Å². The first-order chi connectivity index (χ1) is 8.85. The Kier molecular flexibility index (Phi) is 2.54. The molecule has 0 aliphatic heterocycles. The number of nitrogens with zero attached hydrogens (tertiary/aromatic N) is 2. The quantitative estimate of drug-likeness (QED) is 0.739. The molecule has 0 aliphatic carbocycles. The minimum atomic E-state index is 0.684. The molecule has 3 aromatic rings. The molecule has 0 saturated heterocycles. The van der Waals surface area contributed by atoms with Crippen molar-refractivity contribution < 1.29 is 0 Å². The van der Waals surface area contributed by atoms with Gasteiger partial charge in [-0.3, -0.25) is 0 Å². The van der Waals surface area contributed by atoms with Crippen molar-refractivity contribution in [2.75, 3.05) is 0 Å². The average Bonchev–Trinajstić information content (AvgIpc) is 2.82. The van der Waals surface area contributed by atoms with Gasteiger partial charge in [0, 0.05) is 6.42 Å². The third kappa shape index (κ3) is 1.96. The van der Waals surface area contributed by atoms with Crippen molar-refractivity contribution in [3.63, 3.8) is 0 Å². The second-order valence-electron chi connectivity index (χ2n) is 4.19. The third-order valence-corrected chi connectivity index (χ3v) is 2.89. The van der Waals surface area contributed by atoms with Crippen LogP contribution < -0.4 is 0 Å². The molecule has 0 aliphatic rings. The molecule has 86 valence electrons. The maximum atomic E-state index is 8.74. The van der Waals surface area contributed by atoms with Crippen molar-refractivity contribution in [2.24, 2.45) is 0 Å². The van der Waals surface area contributed by atoms with Gasteiger partial charge in [0.15, 0.2) is 0 Å². The molecular formula is C15H11N3. The molecule has 0 saturated carbocycles. The van der Waals surface area contributed by atoms with Crippen LogP contribution in [-0.4, -0.2) is 9.97 Å². The molecule has 18 heavy (non-hydrogen) atoms. The second-order valence-corrected chi connectivity index (χ2v) is 4.19. The van der Waals surface area contributed by atoms with Crippen LogP contribution in [0.2, 0.25) is 0 Å². The van der Waals surface area contributed by atoms with E-state index in [1.807, 2.05) is 48.5 Å². The predicted molar refractivity (Wildman–Crippen MR) is 70.1 cm³/mol. The van der Waals surface area contributed by atoms with Gasteiger partial charge in [-0.05, 0) is 29.8 Å². The summed E-state index contributed by atoms with van der Waals surface area (Å²) >= 11 is 0. The van der Waals surface area contributed by atoms with E-state index in [2.05, 4.69) is 16.0 Å². The van der Waals surface area contributed by atoms with E-state index in [4.69, 9.17) is 5.26 Å². The highest BCUT2D eigenvalue weighted by molar-refractivity contribution is 5.74. The smallest absolute Gasteiger partial charge is 0.111 e. The molecule has 2 aromatic carbocycles. The Balaban J connectivity index is 1.89. The second kappa shape index (κ2) is 4.34. The lowest BCUT2D eigenvalue weighted by molar-refractivity contribution is 1.04. The normalized spacial score (nSPS) is 10.4. The zero-order valence-electron chi connectivity index (χ0n) is 9.72. The fourth-order valence-corrected chi connectivity index (χ4v) is 1.98. The molecule has 0 fully saturated rings. The van der Waals surface area contributed by atoms with Crippen LogP contribution >= 0.6 is 0 Å². The zero-order chi connectivity index (χ0) is 12.4. The number of aromatic amines is 1. The topological polar surface area (TPSA) is 52.5 Å². The molecule has 1 aromatic heterocycles. The molecule has 0 spiro atoms. The first kappa shape index (κ1) is 10.5. The van der Waals surface area contributed by atoms with Crippen LogP contribution in [0.3, 0.4) is 0 Å². The summed E-state index contributed by atoms with van der Waals surface area (Å²) in [5.41, 5.74) is 3.87. The van der Waals surface area contributed by atoms with E-state index >= 15 is 0 Å². The van der Waals surface area contributed by atoms with E-state index < -0.39 is 0 Å². The number of aromatic nitrogens is 2.